The third kappa shape index (κ3) is 7.99. The summed E-state index contributed by atoms with van der Waals surface area (Å²) in [5, 5.41) is 20.5. The standard InChI is InChI=1S/C20H22N4O3.C13H19N3O3/c1-3-4-5-6-16-13-23(12-14-7-9-15(21-2)10-8-14)19(25)18-11-17(20(26)27)22-24(16)18;1-3-4-5-6-9-8-14-12(17)11-7-10(13(18)19-2)15-16(9)11/h7-11,16H,3-6,12-13H2,1H3,(H,26,27);7,9H,3-6,8H2,1-2H3,(H,14,17). The Bertz CT molecular complexity index is 1590. The minimum atomic E-state index is -1.13. The SMILES string of the molecule is CCCCCC1CNC(=O)c2cc(C(=O)OC)nn21.[C-]#[N+]c1ccc(CN2CC(CCCCC)n3nc(C(=O)O)cc3C2=O)cc1. The molecule has 0 bridgehead atoms. The van der Waals surface area contributed by atoms with Gasteiger partial charge < -0.3 is 20.1 Å². The van der Waals surface area contributed by atoms with Crippen LogP contribution in [0.25, 0.3) is 4.85 Å². The second kappa shape index (κ2) is 15.8. The molecule has 2 amide bonds. The van der Waals surface area contributed by atoms with Gasteiger partial charge in [0.25, 0.3) is 11.8 Å². The van der Waals surface area contributed by atoms with Crippen LogP contribution in [0.2, 0.25) is 0 Å². The van der Waals surface area contributed by atoms with E-state index in [1.165, 1.54) is 19.2 Å². The number of unbranched alkanes of at least 4 members (excludes halogenated alkanes) is 4. The van der Waals surface area contributed by atoms with E-state index in [0.29, 0.717) is 36.7 Å². The molecule has 13 nitrogen and oxygen atoms in total. The second-order valence-corrected chi connectivity index (χ2v) is 11.5. The van der Waals surface area contributed by atoms with E-state index in [1.54, 1.807) is 26.4 Å². The van der Waals surface area contributed by atoms with Crippen molar-refractivity contribution in [2.24, 2.45) is 0 Å². The molecule has 0 radical (unpaired) electrons. The first-order valence-electron chi connectivity index (χ1n) is 15.7. The minimum absolute atomic E-state index is 0.0279. The fourth-order valence-corrected chi connectivity index (χ4v) is 5.68. The van der Waals surface area contributed by atoms with Crippen LogP contribution in [0.1, 0.15) is 125 Å². The van der Waals surface area contributed by atoms with Crippen LogP contribution in [0.3, 0.4) is 0 Å². The number of hydrogen-bond donors (Lipinski definition) is 2. The fraction of sp³-hybridized carbons (Fsp3) is 0.485. The maximum Gasteiger partial charge on any atom is 0.358 e. The van der Waals surface area contributed by atoms with Crippen molar-refractivity contribution in [2.45, 2.75) is 83.8 Å². The van der Waals surface area contributed by atoms with Crippen LogP contribution in [0, 0.1) is 6.57 Å². The number of fused-ring (bicyclic) bond motifs is 2. The highest BCUT2D eigenvalue weighted by Crippen LogP contribution is 2.28. The fourth-order valence-electron chi connectivity index (χ4n) is 5.68. The Morgan fingerprint density at radius 2 is 1.57 bits per heavy atom. The average Bonchev–Trinajstić information content (AvgIpc) is 3.72. The molecule has 0 saturated carbocycles. The number of esters is 1. The summed E-state index contributed by atoms with van der Waals surface area (Å²) >= 11 is 0. The lowest BCUT2D eigenvalue weighted by molar-refractivity contribution is 0.0590. The number of rotatable bonds is 12. The first kappa shape index (κ1) is 33.9. The van der Waals surface area contributed by atoms with Crippen LogP contribution in [0.4, 0.5) is 5.69 Å². The lowest BCUT2D eigenvalue weighted by atomic mass is 10.0. The minimum Gasteiger partial charge on any atom is -0.476 e. The molecule has 1 aromatic carbocycles. The van der Waals surface area contributed by atoms with Gasteiger partial charge in [0.15, 0.2) is 17.1 Å². The highest BCUT2D eigenvalue weighted by Gasteiger charge is 2.34. The number of benzene rings is 1. The average molecular weight is 632 g/mol. The number of carboxylic acid groups (broad SMARTS) is 1. The zero-order chi connectivity index (χ0) is 33.2. The summed E-state index contributed by atoms with van der Waals surface area (Å²) in [7, 11) is 1.31. The lowest BCUT2D eigenvalue weighted by Gasteiger charge is -2.33. The quantitative estimate of drug-likeness (QED) is 0.152. The van der Waals surface area contributed by atoms with E-state index in [4.69, 9.17) is 6.57 Å². The molecule has 244 valence electrons. The summed E-state index contributed by atoms with van der Waals surface area (Å²) < 4.78 is 7.90. The van der Waals surface area contributed by atoms with Crippen molar-refractivity contribution in [1.29, 1.82) is 0 Å². The summed E-state index contributed by atoms with van der Waals surface area (Å²) in [5.41, 5.74) is 2.36. The first-order chi connectivity index (χ1) is 22.2. The predicted molar refractivity (Wildman–Crippen MR) is 169 cm³/mol. The van der Waals surface area contributed by atoms with Gasteiger partial charge in [0.05, 0.1) is 25.8 Å². The third-order valence-electron chi connectivity index (χ3n) is 8.17. The number of carbonyl (C=O) groups excluding carboxylic acids is 3. The number of aromatic nitrogens is 4. The van der Waals surface area contributed by atoms with Crippen LogP contribution in [0.15, 0.2) is 36.4 Å². The number of nitrogens with zero attached hydrogens (tertiary/aromatic N) is 6. The molecule has 2 aromatic heterocycles. The molecule has 5 rings (SSSR count). The Morgan fingerprint density at radius 1 is 0.957 bits per heavy atom. The van der Waals surface area contributed by atoms with E-state index >= 15 is 0 Å². The molecule has 0 saturated heterocycles. The van der Waals surface area contributed by atoms with E-state index in [-0.39, 0.29) is 35.3 Å². The summed E-state index contributed by atoms with van der Waals surface area (Å²) in [6, 6.07) is 10.1. The van der Waals surface area contributed by atoms with E-state index < -0.39 is 11.9 Å². The number of ether oxygens (including phenoxy) is 1. The smallest absolute Gasteiger partial charge is 0.358 e. The van der Waals surface area contributed by atoms with Crippen LogP contribution in [-0.4, -0.2) is 73.5 Å². The van der Waals surface area contributed by atoms with Gasteiger partial charge in [0.1, 0.15) is 11.4 Å². The van der Waals surface area contributed by atoms with Crippen LogP contribution in [-0.2, 0) is 11.3 Å². The van der Waals surface area contributed by atoms with Gasteiger partial charge in [-0.25, -0.2) is 14.4 Å². The lowest BCUT2D eigenvalue weighted by Crippen LogP contribution is -2.42. The highest BCUT2D eigenvalue weighted by molar-refractivity contribution is 5.97. The van der Waals surface area contributed by atoms with Crippen molar-refractivity contribution in [3.8, 4) is 0 Å². The Morgan fingerprint density at radius 3 is 2.17 bits per heavy atom. The number of hydrogen-bond acceptors (Lipinski definition) is 7. The molecule has 2 aliphatic rings. The highest BCUT2D eigenvalue weighted by atomic mass is 16.5. The zero-order valence-electron chi connectivity index (χ0n) is 26.6. The van der Waals surface area contributed by atoms with Gasteiger partial charge in [-0.2, -0.15) is 10.2 Å². The molecular weight excluding hydrogens is 590 g/mol. The molecule has 3 aromatic rings. The normalized spacial score (nSPS) is 16.8. The van der Waals surface area contributed by atoms with Gasteiger partial charge in [0.2, 0.25) is 0 Å². The van der Waals surface area contributed by atoms with Crippen molar-refractivity contribution in [3.63, 3.8) is 0 Å². The van der Waals surface area contributed by atoms with Gasteiger partial charge in [-0.15, -0.1) is 0 Å². The molecule has 2 unspecified atom stereocenters. The van der Waals surface area contributed by atoms with Crippen LogP contribution >= 0.6 is 0 Å². The maximum absolute atomic E-state index is 12.9. The summed E-state index contributed by atoms with van der Waals surface area (Å²) in [6.45, 7) is 12.8. The van der Waals surface area contributed by atoms with Gasteiger partial charge in [-0.05, 0) is 18.4 Å². The first-order valence-corrected chi connectivity index (χ1v) is 15.7. The van der Waals surface area contributed by atoms with Crippen molar-refractivity contribution < 1.29 is 29.0 Å². The second-order valence-electron chi connectivity index (χ2n) is 11.5. The van der Waals surface area contributed by atoms with Crippen molar-refractivity contribution >= 4 is 29.4 Å². The number of carboxylic acids is 1. The Labute approximate surface area is 268 Å². The van der Waals surface area contributed by atoms with Crippen LogP contribution in [0.5, 0.6) is 0 Å². The Kier molecular flexibility index (Phi) is 11.7. The molecule has 0 fully saturated rings. The molecule has 4 heterocycles. The van der Waals surface area contributed by atoms with E-state index in [1.807, 2.05) is 12.1 Å². The van der Waals surface area contributed by atoms with E-state index in [0.717, 1.165) is 56.9 Å². The molecular formula is C33H41N7O6. The van der Waals surface area contributed by atoms with Crippen LogP contribution < -0.4 is 5.32 Å². The number of nitrogens with one attached hydrogen (secondary N) is 1. The van der Waals surface area contributed by atoms with Gasteiger partial charge in [-0.3, -0.25) is 19.0 Å². The monoisotopic (exact) mass is 631 g/mol. The van der Waals surface area contributed by atoms with Crippen molar-refractivity contribution in [2.75, 3.05) is 20.2 Å². The zero-order valence-corrected chi connectivity index (χ0v) is 26.6. The molecule has 0 spiro atoms. The van der Waals surface area contributed by atoms with Crippen molar-refractivity contribution in [1.82, 2.24) is 29.8 Å². The van der Waals surface area contributed by atoms with E-state index in [2.05, 4.69) is 38.9 Å². The summed E-state index contributed by atoms with van der Waals surface area (Å²) in [6.07, 6.45) is 8.38. The van der Waals surface area contributed by atoms with Crippen molar-refractivity contribution in [3.05, 3.63) is 76.2 Å². The largest absolute Gasteiger partial charge is 0.476 e. The maximum atomic E-state index is 12.9. The molecule has 13 heteroatoms. The Balaban J connectivity index is 0.000000222. The number of methoxy groups -OCH3 is 1. The van der Waals surface area contributed by atoms with Gasteiger partial charge in [-0.1, -0.05) is 76.6 Å². The summed E-state index contributed by atoms with van der Waals surface area (Å²) in [5.74, 6) is -2.04. The molecule has 46 heavy (non-hydrogen) atoms. The topological polar surface area (TPSA) is 153 Å². The number of aromatic carboxylic acids is 1. The van der Waals surface area contributed by atoms with E-state index in [9.17, 15) is 24.3 Å². The molecule has 0 aliphatic carbocycles. The van der Waals surface area contributed by atoms with Gasteiger partial charge in [0, 0.05) is 31.8 Å². The predicted octanol–water partition coefficient (Wildman–Crippen LogP) is 5.44. The number of carbonyl (C=O) groups is 4. The molecule has 2 atom stereocenters. The molecule has 2 aliphatic heterocycles. The summed E-state index contributed by atoms with van der Waals surface area (Å²) in [4.78, 5) is 52.5. The Hall–Kier alpha value is -4.99. The number of amides is 2. The third-order valence-corrected chi connectivity index (χ3v) is 8.17. The molecule has 2 N–H and O–H groups in total. The van der Waals surface area contributed by atoms with Gasteiger partial charge >= 0.3 is 11.9 Å².